The number of ether oxygens (including phenoxy) is 1. The molecule has 2 aromatic rings. The Balaban J connectivity index is 1.61. The van der Waals surface area contributed by atoms with E-state index in [2.05, 4.69) is 40.8 Å². The highest BCUT2D eigenvalue weighted by atomic mass is 79.9. The Kier molecular flexibility index (Phi) is 8.66. The van der Waals surface area contributed by atoms with Crippen LogP contribution in [0.5, 0.6) is 0 Å². The third-order valence-corrected chi connectivity index (χ3v) is 7.21. The fourth-order valence-electron chi connectivity index (χ4n) is 4.74. The van der Waals surface area contributed by atoms with Crippen LogP contribution in [0, 0.1) is 11.7 Å². The summed E-state index contributed by atoms with van der Waals surface area (Å²) >= 11 is 3.49. The van der Waals surface area contributed by atoms with Crippen molar-refractivity contribution in [1.82, 2.24) is 4.90 Å². The highest BCUT2D eigenvalue weighted by Crippen LogP contribution is 2.39. The lowest BCUT2D eigenvalue weighted by Gasteiger charge is -2.36. The van der Waals surface area contributed by atoms with Crippen LogP contribution in [0.3, 0.4) is 0 Å². The Bertz CT molecular complexity index is 914. The summed E-state index contributed by atoms with van der Waals surface area (Å²) in [6.45, 7) is 7.20. The molecule has 2 aromatic carbocycles. The van der Waals surface area contributed by atoms with Crippen molar-refractivity contribution >= 4 is 28.0 Å². The average Bonchev–Trinajstić information content (AvgIpc) is 2.79. The monoisotopic (exact) mass is 501 g/mol. The summed E-state index contributed by atoms with van der Waals surface area (Å²) in [5, 5.41) is 0. The van der Waals surface area contributed by atoms with Crippen LogP contribution in [0.15, 0.2) is 58.6 Å². The quantitative estimate of drug-likeness (QED) is 0.380. The van der Waals surface area contributed by atoms with E-state index in [-0.39, 0.29) is 17.7 Å². The van der Waals surface area contributed by atoms with Crippen LogP contribution in [0.1, 0.15) is 50.7 Å². The lowest BCUT2D eigenvalue weighted by molar-refractivity contribution is -0.150. The molecule has 1 aliphatic heterocycles. The van der Waals surface area contributed by atoms with Crippen LogP contribution in [0.2, 0.25) is 0 Å². The van der Waals surface area contributed by atoms with Gasteiger partial charge in [-0.1, -0.05) is 65.7 Å². The number of nitrogens with zero attached hydrogens (tertiary/aromatic N) is 1. The first-order chi connectivity index (χ1) is 15.3. The van der Waals surface area contributed by atoms with Crippen LogP contribution in [0.4, 0.5) is 4.39 Å². The molecule has 1 atom stereocenters. The summed E-state index contributed by atoms with van der Waals surface area (Å²) in [7, 11) is 1.48. The van der Waals surface area contributed by atoms with Gasteiger partial charge in [0.25, 0.3) is 0 Å². The third-order valence-electron chi connectivity index (χ3n) is 6.68. The number of carbonyl (C=O) groups excluding carboxylic acids is 1. The van der Waals surface area contributed by atoms with Crippen LogP contribution in [-0.4, -0.2) is 37.6 Å². The SMILES string of the molecule is COC(=O)C(CCCN1CCC(=Cc2ccc(F)cc2)CC1)(c1ccc(Br)cc1)C(C)C. The van der Waals surface area contributed by atoms with E-state index < -0.39 is 5.41 Å². The van der Waals surface area contributed by atoms with E-state index in [9.17, 15) is 9.18 Å². The maximum Gasteiger partial charge on any atom is 0.316 e. The molecular formula is C27H33BrFNO2. The van der Waals surface area contributed by atoms with E-state index >= 15 is 0 Å². The second kappa shape index (κ2) is 11.2. The first kappa shape index (κ1) is 24.7. The van der Waals surface area contributed by atoms with Gasteiger partial charge in [-0.2, -0.15) is 0 Å². The number of esters is 1. The first-order valence-electron chi connectivity index (χ1n) is 11.4. The van der Waals surface area contributed by atoms with Gasteiger partial charge in [-0.15, -0.1) is 0 Å². The fourth-order valence-corrected chi connectivity index (χ4v) is 5.00. The molecule has 0 bridgehead atoms. The van der Waals surface area contributed by atoms with Crippen molar-refractivity contribution in [2.45, 2.75) is 44.9 Å². The number of hydrogen-bond donors (Lipinski definition) is 0. The van der Waals surface area contributed by atoms with E-state index in [1.807, 2.05) is 36.4 Å². The molecule has 0 saturated carbocycles. The number of methoxy groups -OCH3 is 1. The molecule has 3 rings (SSSR count). The summed E-state index contributed by atoms with van der Waals surface area (Å²) in [4.78, 5) is 15.5. The van der Waals surface area contributed by atoms with Gasteiger partial charge in [-0.05, 0) is 73.5 Å². The molecule has 1 heterocycles. The Hall–Kier alpha value is -1.98. The van der Waals surface area contributed by atoms with Crippen molar-refractivity contribution in [3.63, 3.8) is 0 Å². The molecular weight excluding hydrogens is 469 g/mol. The van der Waals surface area contributed by atoms with Gasteiger partial charge in [0.05, 0.1) is 12.5 Å². The van der Waals surface area contributed by atoms with Crippen LogP contribution in [-0.2, 0) is 14.9 Å². The number of halogens is 2. The van der Waals surface area contributed by atoms with Gasteiger partial charge < -0.3 is 9.64 Å². The van der Waals surface area contributed by atoms with Crippen molar-refractivity contribution in [2.24, 2.45) is 5.92 Å². The molecule has 1 fully saturated rings. The highest BCUT2D eigenvalue weighted by Gasteiger charge is 2.43. The lowest BCUT2D eigenvalue weighted by Crippen LogP contribution is -2.43. The molecule has 1 saturated heterocycles. The van der Waals surface area contributed by atoms with E-state index in [0.717, 1.165) is 60.9 Å². The summed E-state index contributed by atoms with van der Waals surface area (Å²) in [6, 6.07) is 14.7. The number of carbonyl (C=O) groups is 1. The Labute approximate surface area is 199 Å². The normalized spacial score (nSPS) is 16.6. The van der Waals surface area contributed by atoms with Crippen molar-refractivity contribution in [1.29, 1.82) is 0 Å². The molecule has 3 nitrogen and oxygen atoms in total. The molecule has 0 radical (unpaired) electrons. The zero-order valence-electron chi connectivity index (χ0n) is 19.2. The minimum atomic E-state index is -0.640. The van der Waals surface area contributed by atoms with E-state index in [1.54, 1.807) is 0 Å². The van der Waals surface area contributed by atoms with Crippen LogP contribution in [0.25, 0.3) is 6.08 Å². The number of piperidine rings is 1. The summed E-state index contributed by atoms with van der Waals surface area (Å²) in [6.07, 6.45) is 5.92. The molecule has 5 heteroatoms. The Morgan fingerprint density at radius 2 is 1.75 bits per heavy atom. The van der Waals surface area contributed by atoms with E-state index in [4.69, 9.17) is 4.74 Å². The second-order valence-corrected chi connectivity index (χ2v) is 9.84. The van der Waals surface area contributed by atoms with Gasteiger partial charge >= 0.3 is 5.97 Å². The Morgan fingerprint density at radius 1 is 1.12 bits per heavy atom. The van der Waals surface area contributed by atoms with Crippen molar-refractivity contribution < 1.29 is 13.9 Å². The van der Waals surface area contributed by atoms with Gasteiger partial charge in [-0.3, -0.25) is 4.79 Å². The van der Waals surface area contributed by atoms with E-state index in [0.29, 0.717) is 0 Å². The minimum Gasteiger partial charge on any atom is -0.468 e. The molecule has 0 amide bonds. The standard InChI is InChI=1S/C27H33BrFNO2/c1-20(2)27(26(31)32-3,23-7-9-24(28)10-8-23)15-4-16-30-17-13-22(14-18-30)19-21-5-11-25(29)12-6-21/h5-12,19-20H,4,13-18H2,1-3H3. The molecule has 1 aliphatic rings. The predicted octanol–water partition coefficient (Wildman–Crippen LogP) is 6.61. The maximum atomic E-state index is 13.1. The lowest BCUT2D eigenvalue weighted by atomic mass is 9.68. The van der Waals surface area contributed by atoms with Gasteiger partial charge in [0.1, 0.15) is 5.82 Å². The van der Waals surface area contributed by atoms with Crippen molar-refractivity contribution in [3.8, 4) is 0 Å². The molecule has 172 valence electrons. The molecule has 0 spiro atoms. The van der Waals surface area contributed by atoms with Crippen molar-refractivity contribution in [3.05, 3.63) is 75.5 Å². The molecule has 0 aliphatic carbocycles. The minimum absolute atomic E-state index is 0.128. The van der Waals surface area contributed by atoms with Gasteiger partial charge in [-0.25, -0.2) is 4.39 Å². The summed E-state index contributed by atoms with van der Waals surface area (Å²) < 4.78 is 19.4. The summed E-state index contributed by atoms with van der Waals surface area (Å²) in [5.74, 6) is -0.227. The fraction of sp³-hybridized carbons (Fsp3) is 0.444. The predicted molar refractivity (Wildman–Crippen MR) is 132 cm³/mol. The Morgan fingerprint density at radius 3 is 2.31 bits per heavy atom. The number of benzene rings is 2. The summed E-state index contributed by atoms with van der Waals surface area (Å²) in [5.41, 5.74) is 2.85. The van der Waals surface area contributed by atoms with Gasteiger partial charge in [0, 0.05) is 17.6 Å². The number of hydrogen-bond acceptors (Lipinski definition) is 3. The third kappa shape index (κ3) is 5.87. The smallest absolute Gasteiger partial charge is 0.316 e. The van der Waals surface area contributed by atoms with Crippen LogP contribution < -0.4 is 0 Å². The van der Waals surface area contributed by atoms with E-state index in [1.165, 1.54) is 24.8 Å². The second-order valence-electron chi connectivity index (χ2n) is 8.92. The largest absolute Gasteiger partial charge is 0.468 e. The zero-order chi connectivity index (χ0) is 23.1. The molecule has 0 aromatic heterocycles. The first-order valence-corrected chi connectivity index (χ1v) is 12.2. The highest BCUT2D eigenvalue weighted by molar-refractivity contribution is 9.10. The zero-order valence-corrected chi connectivity index (χ0v) is 20.8. The molecule has 32 heavy (non-hydrogen) atoms. The van der Waals surface area contributed by atoms with Gasteiger partial charge in [0.15, 0.2) is 0 Å². The van der Waals surface area contributed by atoms with Crippen molar-refractivity contribution in [2.75, 3.05) is 26.7 Å². The van der Waals surface area contributed by atoms with Gasteiger partial charge in [0.2, 0.25) is 0 Å². The molecule has 0 N–H and O–H groups in total. The number of rotatable bonds is 8. The maximum absolute atomic E-state index is 13.1. The average molecular weight is 502 g/mol. The number of likely N-dealkylation sites (tertiary alicyclic amines) is 1. The van der Waals surface area contributed by atoms with Crippen LogP contribution >= 0.6 is 15.9 Å². The topological polar surface area (TPSA) is 29.5 Å². The molecule has 1 unspecified atom stereocenters.